The van der Waals surface area contributed by atoms with E-state index in [0.29, 0.717) is 0 Å². The molecule has 1 aromatic heterocycles. The second-order valence-electron chi connectivity index (χ2n) is 4.76. The van der Waals surface area contributed by atoms with Crippen LogP contribution in [0.3, 0.4) is 0 Å². The zero-order valence-corrected chi connectivity index (χ0v) is 12.3. The summed E-state index contributed by atoms with van der Waals surface area (Å²) in [6, 6.07) is 8.08. The number of hydrogen-bond acceptors (Lipinski definition) is 4. The molecular weight excluding hydrogens is 250 g/mol. The SMILES string of the molecule is CCCOc1ccc(C(NC)c2ncc(C)cn2)cc1. The molecule has 0 amide bonds. The molecule has 0 bridgehead atoms. The minimum Gasteiger partial charge on any atom is -0.494 e. The molecule has 106 valence electrons. The lowest BCUT2D eigenvalue weighted by molar-refractivity contribution is 0.317. The first kappa shape index (κ1) is 14.5. The molecule has 2 rings (SSSR count). The fourth-order valence-electron chi connectivity index (χ4n) is 1.97. The monoisotopic (exact) mass is 271 g/mol. The van der Waals surface area contributed by atoms with Crippen LogP contribution in [0.2, 0.25) is 0 Å². The maximum Gasteiger partial charge on any atom is 0.149 e. The van der Waals surface area contributed by atoms with E-state index in [-0.39, 0.29) is 6.04 Å². The number of aryl methyl sites for hydroxylation is 1. The minimum absolute atomic E-state index is 0.00387. The van der Waals surface area contributed by atoms with E-state index in [4.69, 9.17) is 4.74 Å². The molecule has 0 saturated heterocycles. The van der Waals surface area contributed by atoms with Gasteiger partial charge in [-0.15, -0.1) is 0 Å². The number of hydrogen-bond donors (Lipinski definition) is 1. The summed E-state index contributed by atoms with van der Waals surface area (Å²) < 4.78 is 5.59. The number of benzene rings is 1. The molecule has 0 spiro atoms. The predicted octanol–water partition coefficient (Wildman–Crippen LogP) is 2.88. The Morgan fingerprint density at radius 3 is 2.35 bits per heavy atom. The molecule has 1 unspecified atom stereocenters. The van der Waals surface area contributed by atoms with Crippen LogP contribution in [0, 0.1) is 6.92 Å². The Labute approximate surface area is 120 Å². The van der Waals surface area contributed by atoms with Crippen molar-refractivity contribution in [2.75, 3.05) is 13.7 Å². The molecule has 0 radical (unpaired) electrons. The van der Waals surface area contributed by atoms with Crippen LogP contribution in [0.4, 0.5) is 0 Å². The standard InChI is InChI=1S/C16H21N3O/c1-4-9-20-14-7-5-13(6-8-14)15(17-3)16-18-10-12(2)11-19-16/h5-8,10-11,15,17H,4,9H2,1-3H3. The van der Waals surface area contributed by atoms with E-state index in [1.807, 2.05) is 38.5 Å². The summed E-state index contributed by atoms with van der Waals surface area (Å²) in [4.78, 5) is 8.79. The van der Waals surface area contributed by atoms with E-state index in [1.54, 1.807) is 0 Å². The van der Waals surface area contributed by atoms with E-state index < -0.39 is 0 Å². The van der Waals surface area contributed by atoms with Gasteiger partial charge in [-0.1, -0.05) is 19.1 Å². The number of aromatic nitrogens is 2. The predicted molar refractivity (Wildman–Crippen MR) is 79.9 cm³/mol. The van der Waals surface area contributed by atoms with Crippen molar-refractivity contribution in [3.05, 3.63) is 53.6 Å². The van der Waals surface area contributed by atoms with Crippen LogP contribution in [-0.2, 0) is 0 Å². The summed E-state index contributed by atoms with van der Waals surface area (Å²) in [5.74, 6) is 1.68. The van der Waals surface area contributed by atoms with Gasteiger partial charge in [0.25, 0.3) is 0 Å². The molecule has 0 fully saturated rings. The first-order valence-corrected chi connectivity index (χ1v) is 6.93. The van der Waals surface area contributed by atoms with Gasteiger partial charge in [0.05, 0.1) is 12.6 Å². The van der Waals surface area contributed by atoms with Crippen molar-refractivity contribution in [1.82, 2.24) is 15.3 Å². The van der Waals surface area contributed by atoms with Gasteiger partial charge in [-0.2, -0.15) is 0 Å². The maximum atomic E-state index is 5.59. The highest BCUT2D eigenvalue weighted by Gasteiger charge is 2.14. The first-order chi connectivity index (χ1) is 9.74. The van der Waals surface area contributed by atoms with Gasteiger partial charge >= 0.3 is 0 Å². The molecule has 1 N–H and O–H groups in total. The zero-order valence-electron chi connectivity index (χ0n) is 12.3. The van der Waals surface area contributed by atoms with Gasteiger partial charge in [0.2, 0.25) is 0 Å². The lowest BCUT2D eigenvalue weighted by Crippen LogP contribution is -2.20. The van der Waals surface area contributed by atoms with E-state index >= 15 is 0 Å². The second kappa shape index (κ2) is 7.01. The topological polar surface area (TPSA) is 47.0 Å². The normalized spacial score (nSPS) is 12.2. The fraction of sp³-hybridized carbons (Fsp3) is 0.375. The average molecular weight is 271 g/mol. The molecule has 0 aliphatic carbocycles. The van der Waals surface area contributed by atoms with Crippen molar-refractivity contribution in [3.8, 4) is 5.75 Å². The Balaban J connectivity index is 2.17. The molecule has 4 nitrogen and oxygen atoms in total. The molecule has 20 heavy (non-hydrogen) atoms. The smallest absolute Gasteiger partial charge is 0.149 e. The Morgan fingerprint density at radius 1 is 1.15 bits per heavy atom. The number of ether oxygens (including phenoxy) is 1. The van der Waals surface area contributed by atoms with Crippen LogP contribution < -0.4 is 10.1 Å². The van der Waals surface area contributed by atoms with E-state index in [0.717, 1.165) is 35.7 Å². The molecule has 1 aromatic carbocycles. The van der Waals surface area contributed by atoms with Gasteiger partial charge in [0.15, 0.2) is 0 Å². The molecular formula is C16H21N3O. The van der Waals surface area contributed by atoms with Crippen molar-refractivity contribution < 1.29 is 4.74 Å². The largest absolute Gasteiger partial charge is 0.494 e. The molecule has 0 aliphatic rings. The van der Waals surface area contributed by atoms with Crippen molar-refractivity contribution in [1.29, 1.82) is 0 Å². The van der Waals surface area contributed by atoms with Crippen molar-refractivity contribution >= 4 is 0 Å². The molecule has 0 aliphatic heterocycles. The number of rotatable bonds is 6. The summed E-state index contributed by atoms with van der Waals surface area (Å²) in [5.41, 5.74) is 2.19. The highest BCUT2D eigenvalue weighted by atomic mass is 16.5. The van der Waals surface area contributed by atoms with Crippen molar-refractivity contribution in [3.63, 3.8) is 0 Å². The zero-order chi connectivity index (χ0) is 14.4. The Morgan fingerprint density at radius 2 is 1.80 bits per heavy atom. The fourth-order valence-corrected chi connectivity index (χ4v) is 1.97. The van der Waals surface area contributed by atoms with Gasteiger partial charge in [0.1, 0.15) is 11.6 Å². The number of nitrogens with zero attached hydrogens (tertiary/aromatic N) is 2. The second-order valence-corrected chi connectivity index (χ2v) is 4.76. The van der Waals surface area contributed by atoms with Gasteiger partial charge in [-0.05, 0) is 43.7 Å². The molecule has 4 heteroatoms. The summed E-state index contributed by atoms with van der Waals surface area (Å²) in [6.07, 6.45) is 4.69. The summed E-state index contributed by atoms with van der Waals surface area (Å²) in [6.45, 7) is 4.83. The van der Waals surface area contributed by atoms with Crippen molar-refractivity contribution in [2.45, 2.75) is 26.3 Å². The van der Waals surface area contributed by atoms with Crippen LogP contribution in [0.5, 0.6) is 5.75 Å². The first-order valence-electron chi connectivity index (χ1n) is 6.93. The van der Waals surface area contributed by atoms with Gasteiger partial charge in [0, 0.05) is 12.4 Å². The average Bonchev–Trinajstić information content (AvgIpc) is 2.49. The lowest BCUT2D eigenvalue weighted by Gasteiger charge is -2.15. The van der Waals surface area contributed by atoms with Crippen LogP contribution >= 0.6 is 0 Å². The van der Waals surface area contributed by atoms with Crippen LogP contribution in [0.25, 0.3) is 0 Å². The third-order valence-corrected chi connectivity index (χ3v) is 3.03. The van der Waals surface area contributed by atoms with E-state index in [1.165, 1.54) is 0 Å². The van der Waals surface area contributed by atoms with Gasteiger partial charge in [-0.25, -0.2) is 9.97 Å². The lowest BCUT2D eigenvalue weighted by atomic mass is 10.1. The third-order valence-electron chi connectivity index (χ3n) is 3.03. The van der Waals surface area contributed by atoms with E-state index in [9.17, 15) is 0 Å². The van der Waals surface area contributed by atoms with Crippen molar-refractivity contribution in [2.24, 2.45) is 0 Å². The highest BCUT2D eigenvalue weighted by molar-refractivity contribution is 5.32. The van der Waals surface area contributed by atoms with Gasteiger partial charge in [-0.3, -0.25) is 0 Å². The molecule has 1 atom stereocenters. The quantitative estimate of drug-likeness (QED) is 0.877. The van der Waals surface area contributed by atoms with E-state index in [2.05, 4.69) is 34.3 Å². The third kappa shape index (κ3) is 3.54. The highest BCUT2D eigenvalue weighted by Crippen LogP contribution is 2.21. The van der Waals surface area contributed by atoms with Crippen LogP contribution in [0.15, 0.2) is 36.7 Å². The summed E-state index contributed by atoms with van der Waals surface area (Å²) in [5, 5.41) is 3.25. The summed E-state index contributed by atoms with van der Waals surface area (Å²) >= 11 is 0. The number of nitrogens with one attached hydrogen (secondary N) is 1. The van der Waals surface area contributed by atoms with Gasteiger partial charge < -0.3 is 10.1 Å². The Hall–Kier alpha value is -1.94. The Kier molecular flexibility index (Phi) is 5.07. The molecule has 0 saturated carbocycles. The summed E-state index contributed by atoms with van der Waals surface area (Å²) in [7, 11) is 1.91. The molecule has 2 aromatic rings. The van der Waals surface area contributed by atoms with Crippen LogP contribution in [-0.4, -0.2) is 23.6 Å². The van der Waals surface area contributed by atoms with Crippen LogP contribution in [0.1, 0.15) is 36.3 Å². The minimum atomic E-state index is -0.00387. The maximum absolute atomic E-state index is 5.59. The molecule has 1 heterocycles. The Bertz CT molecular complexity index is 522.